The number of methoxy groups -OCH3 is 3. The predicted molar refractivity (Wildman–Crippen MR) is 145 cm³/mol. The van der Waals surface area contributed by atoms with Gasteiger partial charge in [0.05, 0.1) is 32.7 Å². The van der Waals surface area contributed by atoms with Crippen LogP contribution in [0.15, 0.2) is 79.0 Å². The number of imidazole rings is 1. The number of carbonyl (C=O) groups excluding carboxylic acids is 2. The molecule has 0 aliphatic carbocycles. The zero-order valence-electron chi connectivity index (χ0n) is 21.8. The van der Waals surface area contributed by atoms with Gasteiger partial charge >= 0.3 is 0 Å². The number of amides is 2. The maximum Gasteiger partial charge on any atom is 0.246 e. The number of aromatic nitrogens is 2. The van der Waals surface area contributed by atoms with Gasteiger partial charge in [-0.15, -0.1) is 0 Å². The van der Waals surface area contributed by atoms with Crippen LogP contribution in [-0.4, -0.2) is 54.1 Å². The van der Waals surface area contributed by atoms with Crippen molar-refractivity contribution in [2.24, 2.45) is 0 Å². The van der Waals surface area contributed by atoms with Crippen LogP contribution in [0.2, 0.25) is 0 Å². The first-order valence-electron chi connectivity index (χ1n) is 12.0. The fourth-order valence-electron chi connectivity index (χ4n) is 3.96. The van der Waals surface area contributed by atoms with Crippen molar-refractivity contribution in [3.05, 3.63) is 84.6 Å². The zero-order chi connectivity index (χ0) is 27.1. The predicted octanol–water partition coefficient (Wildman–Crippen LogP) is 4.55. The van der Waals surface area contributed by atoms with E-state index in [1.54, 1.807) is 38.0 Å². The summed E-state index contributed by atoms with van der Waals surface area (Å²) < 4.78 is 17.9. The molecule has 38 heavy (non-hydrogen) atoms. The van der Waals surface area contributed by atoms with Crippen LogP contribution in [0.25, 0.3) is 16.9 Å². The molecule has 4 rings (SSSR count). The topological polar surface area (TPSA) is 94.9 Å². The van der Waals surface area contributed by atoms with Crippen LogP contribution in [0.5, 0.6) is 17.2 Å². The minimum Gasteiger partial charge on any atom is -0.497 e. The van der Waals surface area contributed by atoms with Crippen LogP contribution in [0, 0.1) is 0 Å². The van der Waals surface area contributed by atoms with E-state index in [1.165, 1.54) is 11.8 Å². The lowest BCUT2D eigenvalue weighted by Gasteiger charge is -2.20. The van der Waals surface area contributed by atoms with Gasteiger partial charge in [-0.05, 0) is 42.0 Å². The summed E-state index contributed by atoms with van der Waals surface area (Å²) in [7, 11) is 4.74. The Bertz CT molecular complexity index is 1400. The summed E-state index contributed by atoms with van der Waals surface area (Å²) in [4.78, 5) is 31.6. The first-order valence-corrected chi connectivity index (χ1v) is 12.0. The minimum absolute atomic E-state index is 0.124. The maximum atomic E-state index is 13.1. The summed E-state index contributed by atoms with van der Waals surface area (Å²) in [6, 6.07) is 22.4. The van der Waals surface area contributed by atoms with Crippen molar-refractivity contribution in [2.75, 3.05) is 33.2 Å². The van der Waals surface area contributed by atoms with Gasteiger partial charge in [0.1, 0.15) is 12.3 Å². The van der Waals surface area contributed by atoms with Gasteiger partial charge in [0.15, 0.2) is 11.5 Å². The average Bonchev–Trinajstić information content (AvgIpc) is 3.36. The van der Waals surface area contributed by atoms with Gasteiger partial charge in [-0.1, -0.05) is 30.3 Å². The number of benzene rings is 3. The van der Waals surface area contributed by atoms with E-state index in [9.17, 15) is 9.59 Å². The number of anilines is 1. The average molecular weight is 515 g/mol. The maximum absolute atomic E-state index is 13.1. The number of hydrogen-bond acceptors (Lipinski definition) is 6. The van der Waals surface area contributed by atoms with Gasteiger partial charge in [-0.2, -0.15) is 0 Å². The second kappa shape index (κ2) is 12.0. The van der Waals surface area contributed by atoms with Crippen LogP contribution < -0.4 is 19.5 Å². The first kappa shape index (κ1) is 26.3. The molecule has 0 saturated carbocycles. The highest BCUT2D eigenvalue weighted by atomic mass is 16.5. The number of carbonyl (C=O) groups is 2. The van der Waals surface area contributed by atoms with Crippen molar-refractivity contribution >= 4 is 17.8 Å². The van der Waals surface area contributed by atoms with Gasteiger partial charge in [0, 0.05) is 31.3 Å². The lowest BCUT2D eigenvalue weighted by Crippen LogP contribution is -2.36. The SMILES string of the molecule is COc1ccc(-c2cn(-c3ccc(OC)c(OC)c3)c(NC(=O)CN(Cc3ccccc3)C(C)=O)n2)cc1. The van der Waals surface area contributed by atoms with Crippen molar-refractivity contribution in [2.45, 2.75) is 13.5 Å². The first-order chi connectivity index (χ1) is 18.4. The lowest BCUT2D eigenvalue weighted by molar-refractivity contribution is -0.133. The summed E-state index contributed by atoms with van der Waals surface area (Å²) in [6.07, 6.45) is 1.82. The molecule has 1 N–H and O–H groups in total. The molecule has 4 aromatic rings. The number of ether oxygens (including phenoxy) is 3. The van der Waals surface area contributed by atoms with Crippen molar-refractivity contribution in [1.29, 1.82) is 0 Å². The highest BCUT2D eigenvalue weighted by molar-refractivity contribution is 5.93. The molecule has 0 bridgehead atoms. The van der Waals surface area contributed by atoms with Crippen molar-refractivity contribution in [3.63, 3.8) is 0 Å². The molecular formula is C29H30N4O5. The monoisotopic (exact) mass is 514 g/mol. The largest absolute Gasteiger partial charge is 0.497 e. The molecule has 9 nitrogen and oxygen atoms in total. The van der Waals surface area contributed by atoms with E-state index in [-0.39, 0.29) is 18.4 Å². The second-order valence-electron chi connectivity index (χ2n) is 8.50. The zero-order valence-corrected chi connectivity index (χ0v) is 21.8. The molecular weight excluding hydrogens is 484 g/mol. The standard InChI is InChI=1S/C29H30N4O5/c1-20(34)32(17-21-8-6-5-7-9-21)19-28(35)31-29-30-25(22-10-13-24(36-2)14-11-22)18-33(29)23-12-15-26(37-3)27(16-23)38-4/h5-16,18H,17,19H2,1-4H3,(H,30,31,35). The smallest absolute Gasteiger partial charge is 0.246 e. The molecule has 0 aliphatic heterocycles. The number of nitrogens with zero attached hydrogens (tertiary/aromatic N) is 3. The van der Waals surface area contributed by atoms with Crippen molar-refractivity contribution in [3.8, 4) is 34.2 Å². The van der Waals surface area contributed by atoms with Gasteiger partial charge < -0.3 is 19.1 Å². The second-order valence-corrected chi connectivity index (χ2v) is 8.50. The van der Waals surface area contributed by atoms with E-state index in [4.69, 9.17) is 19.2 Å². The molecule has 0 radical (unpaired) electrons. The molecule has 0 unspecified atom stereocenters. The Labute approximate surface area is 221 Å². The van der Waals surface area contributed by atoms with E-state index in [0.29, 0.717) is 35.4 Å². The van der Waals surface area contributed by atoms with Gasteiger partial charge in [0.2, 0.25) is 17.8 Å². The highest BCUT2D eigenvalue weighted by Gasteiger charge is 2.19. The Morgan fingerprint density at radius 1 is 0.895 bits per heavy atom. The summed E-state index contributed by atoms with van der Waals surface area (Å²) in [5, 5.41) is 2.88. The normalized spacial score (nSPS) is 10.5. The van der Waals surface area contributed by atoms with Crippen molar-refractivity contribution < 1.29 is 23.8 Å². The fourth-order valence-corrected chi connectivity index (χ4v) is 3.96. The van der Waals surface area contributed by atoms with E-state index in [1.807, 2.05) is 66.9 Å². The fraction of sp³-hybridized carbons (Fsp3) is 0.207. The molecule has 9 heteroatoms. The number of hydrogen-bond donors (Lipinski definition) is 1. The summed E-state index contributed by atoms with van der Waals surface area (Å²) in [5.41, 5.74) is 3.13. The minimum atomic E-state index is -0.371. The molecule has 0 atom stereocenters. The molecule has 1 aromatic heterocycles. The van der Waals surface area contributed by atoms with Gasteiger partial charge in [-0.25, -0.2) is 4.98 Å². The lowest BCUT2D eigenvalue weighted by atomic mass is 10.1. The Kier molecular flexibility index (Phi) is 8.27. The van der Waals surface area contributed by atoms with Crippen LogP contribution in [0.4, 0.5) is 5.95 Å². The third-order valence-electron chi connectivity index (χ3n) is 5.98. The molecule has 0 saturated heterocycles. The Morgan fingerprint density at radius 2 is 1.61 bits per heavy atom. The molecule has 0 aliphatic rings. The summed E-state index contributed by atoms with van der Waals surface area (Å²) >= 11 is 0. The molecule has 2 amide bonds. The van der Waals surface area contributed by atoms with Crippen LogP contribution in [0.1, 0.15) is 12.5 Å². The highest BCUT2D eigenvalue weighted by Crippen LogP contribution is 2.32. The summed E-state index contributed by atoms with van der Waals surface area (Å²) in [6.45, 7) is 1.65. The Hall–Kier alpha value is -4.79. The van der Waals surface area contributed by atoms with Crippen LogP contribution >= 0.6 is 0 Å². The van der Waals surface area contributed by atoms with E-state index in [2.05, 4.69) is 5.32 Å². The summed E-state index contributed by atoms with van der Waals surface area (Å²) in [5.74, 6) is 1.57. The molecule has 0 spiro atoms. The molecule has 1 heterocycles. The van der Waals surface area contributed by atoms with Gasteiger partial charge in [-0.3, -0.25) is 19.5 Å². The third-order valence-corrected chi connectivity index (χ3v) is 5.98. The van der Waals surface area contributed by atoms with Crippen LogP contribution in [-0.2, 0) is 16.1 Å². The Balaban J connectivity index is 1.65. The molecule has 0 fully saturated rings. The Morgan fingerprint density at radius 3 is 2.24 bits per heavy atom. The molecule has 3 aromatic carbocycles. The van der Waals surface area contributed by atoms with E-state index >= 15 is 0 Å². The number of rotatable bonds is 10. The van der Waals surface area contributed by atoms with Gasteiger partial charge in [0.25, 0.3) is 0 Å². The third kappa shape index (κ3) is 6.12. The van der Waals surface area contributed by atoms with Crippen LogP contribution in [0.3, 0.4) is 0 Å². The van der Waals surface area contributed by atoms with E-state index in [0.717, 1.165) is 16.9 Å². The van der Waals surface area contributed by atoms with E-state index < -0.39 is 0 Å². The quantitative estimate of drug-likeness (QED) is 0.334. The molecule has 196 valence electrons. The van der Waals surface area contributed by atoms with Crippen molar-refractivity contribution in [1.82, 2.24) is 14.5 Å². The number of nitrogens with one attached hydrogen (secondary N) is 1.